The average Bonchev–Trinajstić information content (AvgIpc) is 2.62. The lowest BCUT2D eigenvalue weighted by atomic mass is 10.1. The standard InChI is InChI=1S/C18H21ClFN5O/c1-4-12(10-21)14(20)9-11(2)16-15(19)17(26)24(3)18(23-16)25-7-5-13(22)6-8-25/h4,9,13H,1,5-8,22H2,2-3H3/b11-9+,14-12-. The first-order valence-electron chi connectivity index (χ1n) is 8.18. The minimum atomic E-state index is -0.760. The maximum atomic E-state index is 14.1. The molecule has 0 unspecified atom stereocenters. The number of aromatic nitrogens is 2. The summed E-state index contributed by atoms with van der Waals surface area (Å²) in [5.41, 5.74) is 5.85. The third-order valence-corrected chi connectivity index (χ3v) is 4.67. The predicted octanol–water partition coefficient (Wildman–Crippen LogP) is 2.70. The van der Waals surface area contributed by atoms with Crippen LogP contribution in [0.1, 0.15) is 25.5 Å². The second kappa shape index (κ2) is 8.30. The third-order valence-electron chi connectivity index (χ3n) is 4.33. The number of nitrogens with zero attached hydrogens (tertiary/aromatic N) is 4. The van der Waals surface area contributed by atoms with Crippen molar-refractivity contribution < 1.29 is 4.39 Å². The number of allylic oxidation sites excluding steroid dienone is 5. The second-order valence-electron chi connectivity index (χ2n) is 6.17. The normalized spacial score (nSPS) is 16.9. The molecule has 8 heteroatoms. The molecule has 6 nitrogen and oxygen atoms in total. The first-order chi connectivity index (χ1) is 12.3. The Balaban J connectivity index is 2.53. The van der Waals surface area contributed by atoms with Crippen LogP contribution in [0.4, 0.5) is 10.3 Å². The SMILES string of the molecule is C=C/C(C#N)=C(F)\C=C(/C)c1nc(N2CCC(N)CC2)n(C)c(=O)c1Cl. The summed E-state index contributed by atoms with van der Waals surface area (Å²) in [7, 11) is 1.60. The van der Waals surface area contributed by atoms with Crippen LogP contribution in [-0.4, -0.2) is 28.7 Å². The molecule has 0 atom stereocenters. The number of halogens is 2. The van der Waals surface area contributed by atoms with E-state index in [1.165, 1.54) is 4.57 Å². The Morgan fingerprint density at radius 3 is 2.65 bits per heavy atom. The fourth-order valence-electron chi connectivity index (χ4n) is 2.74. The summed E-state index contributed by atoms with van der Waals surface area (Å²) in [5, 5.41) is 8.80. The highest BCUT2D eigenvalue weighted by atomic mass is 35.5. The molecule has 2 rings (SSSR count). The van der Waals surface area contributed by atoms with Gasteiger partial charge in [0.2, 0.25) is 5.95 Å². The van der Waals surface area contributed by atoms with Crippen molar-refractivity contribution in [1.29, 1.82) is 5.26 Å². The van der Waals surface area contributed by atoms with Gasteiger partial charge in [-0.15, -0.1) is 0 Å². The first-order valence-corrected chi connectivity index (χ1v) is 8.56. The van der Waals surface area contributed by atoms with E-state index < -0.39 is 11.4 Å². The van der Waals surface area contributed by atoms with E-state index in [-0.39, 0.29) is 22.3 Å². The van der Waals surface area contributed by atoms with Crippen molar-refractivity contribution in [3.05, 3.63) is 51.2 Å². The molecule has 0 saturated carbocycles. The summed E-state index contributed by atoms with van der Waals surface area (Å²) in [6.45, 7) is 6.33. The summed E-state index contributed by atoms with van der Waals surface area (Å²) in [6.07, 6.45) is 3.85. The van der Waals surface area contributed by atoms with E-state index >= 15 is 0 Å². The average molecular weight is 378 g/mol. The van der Waals surface area contributed by atoms with E-state index in [0.29, 0.717) is 24.6 Å². The minimum Gasteiger partial charge on any atom is -0.342 e. The molecule has 1 aromatic heterocycles. The summed E-state index contributed by atoms with van der Waals surface area (Å²) in [5.74, 6) is -0.299. The van der Waals surface area contributed by atoms with Gasteiger partial charge >= 0.3 is 0 Å². The Morgan fingerprint density at radius 2 is 2.12 bits per heavy atom. The zero-order valence-electron chi connectivity index (χ0n) is 14.8. The molecule has 1 aliphatic rings. The monoisotopic (exact) mass is 377 g/mol. The molecule has 2 N–H and O–H groups in total. The molecular formula is C18H21ClFN5O. The molecular weight excluding hydrogens is 357 g/mol. The van der Waals surface area contributed by atoms with Gasteiger partial charge in [-0.1, -0.05) is 18.2 Å². The van der Waals surface area contributed by atoms with Gasteiger partial charge in [0.05, 0.1) is 11.3 Å². The van der Waals surface area contributed by atoms with Gasteiger partial charge in [-0.05, 0) is 37.5 Å². The van der Waals surface area contributed by atoms with Gasteiger partial charge in [0.15, 0.2) is 0 Å². The first kappa shape index (κ1) is 19.9. The van der Waals surface area contributed by atoms with Crippen LogP contribution in [0.5, 0.6) is 0 Å². The van der Waals surface area contributed by atoms with E-state index in [4.69, 9.17) is 22.6 Å². The zero-order chi connectivity index (χ0) is 19.4. The lowest BCUT2D eigenvalue weighted by molar-refractivity contribution is 0.489. The van der Waals surface area contributed by atoms with Crippen molar-refractivity contribution >= 4 is 23.1 Å². The van der Waals surface area contributed by atoms with Gasteiger partial charge < -0.3 is 10.6 Å². The van der Waals surface area contributed by atoms with E-state index in [9.17, 15) is 9.18 Å². The Hall–Kier alpha value is -2.43. The summed E-state index contributed by atoms with van der Waals surface area (Å²) in [4.78, 5) is 19.0. The summed E-state index contributed by atoms with van der Waals surface area (Å²) >= 11 is 6.16. The number of nitrogens with two attached hydrogens (primary N) is 1. The number of hydrogen-bond donors (Lipinski definition) is 1. The van der Waals surface area contributed by atoms with Gasteiger partial charge in [0.25, 0.3) is 5.56 Å². The van der Waals surface area contributed by atoms with Gasteiger partial charge in [0, 0.05) is 26.2 Å². The van der Waals surface area contributed by atoms with Gasteiger partial charge in [-0.2, -0.15) is 5.26 Å². The Morgan fingerprint density at radius 1 is 1.50 bits per heavy atom. The maximum absolute atomic E-state index is 14.1. The fraction of sp³-hybridized carbons (Fsp3) is 0.389. The van der Waals surface area contributed by atoms with E-state index in [1.807, 2.05) is 4.90 Å². The Kier molecular flexibility index (Phi) is 6.35. The molecule has 0 aromatic carbocycles. The van der Waals surface area contributed by atoms with Crippen molar-refractivity contribution in [1.82, 2.24) is 9.55 Å². The number of nitriles is 1. The van der Waals surface area contributed by atoms with E-state index in [2.05, 4.69) is 11.6 Å². The molecule has 1 saturated heterocycles. The highest BCUT2D eigenvalue weighted by molar-refractivity contribution is 6.32. The lowest BCUT2D eigenvalue weighted by Crippen LogP contribution is -2.42. The molecule has 1 fully saturated rings. The lowest BCUT2D eigenvalue weighted by Gasteiger charge is -2.32. The van der Waals surface area contributed by atoms with Crippen molar-refractivity contribution in [2.45, 2.75) is 25.8 Å². The number of hydrogen-bond acceptors (Lipinski definition) is 5. The van der Waals surface area contributed by atoms with Gasteiger partial charge in [-0.3, -0.25) is 9.36 Å². The Bertz CT molecular complexity index is 873. The zero-order valence-corrected chi connectivity index (χ0v) is 15.6. The number of anilines is 1. The second-order valence-corrected chi connectivity index (χ2v) is 6.55. The van der Waals surface area contributed by atoms with Crippen LogP contribution in [0.15, 0.2) is 34.9 Å². The minimum absolute atomic E-state index is 0.0939. The van der Waals surface area contributed by atoms with Crippen LogP contribution < -0.4 is 16.2 Å². The van der Waals surface area contributed by atoms with Crippen LogP contribution >= 0.6 is 11.6 Å². The molecule has 0 aliphatic carbocycles. The van der Waals surface area contributed by atoms with Crippen LogP contribution in [-0.2, 0) is 7.05 Å². The summed E-state index contributed by atoms with van der Waals surface area (Å²) < 4.78 is 15.5. The number of piperidine rings is 1. The molecule has 1 aliphatic heterocycles. The van der Waals surface area contributed by atoms with Crippen molar-refractivity contribution in [2.24, 2.45) is 12.8 Å². The van der Waals surface area contributed by atoms with E-state index in [1.54, 1.807) is 20.0 Å². The predicted molar refractivity (Wildman–Crippen MR) is 102 cm³/mol. The molecule has 0 spiro atoms. The third kappa shape index (κ3) is 4.03. The maximum Gasteiger partial charge on any atom is 0.274 e. The van der Waals surface area contributed by atoms with Gasteiger partial charge in [-0.25, -0.2) is 9.37 Å². The quantitative estimate of drug-likeness (QED) is 0.643. The molecule has 0 radical (unpaired) electrons. The smallest absolute Gasteiger partial charge is 0.274 e. The van der Waals surface area contributed by atoms with E-state index in [0.717, 1.165) is 25.0 Å². The molecule has 26 heavy (non-hydrogen) atoms. The number of rotatable bonds is 4. The Labute approximate surface area is 156 Å². The van der Waals surface area contributed by atoms with Crippen molar-refractivity contribution in [3.8, 4) is 6.07 Å². The van der Waals surface area contributed by atoms with Crippen LogP contribution in [0.25, 0.3) is 5.57 Å². The molecule has 0 amide bonds. The largest absolute Gasteiger partial charge is 0.342 e. The fourth-order valence-corrected chi connectivity index (χ4v) is 3.06. The topological polar surface area (TPSA) is 87.9 Å². The molecule has 0 bridgehead atoms. The highest BCUT2D eigenvalue weighted by Crippen LogP contribution is 2.25. The molecule has 2 heterocycles. The molecule has 138 valence electrons. The highest BCUT2D eigenvalue weighted by Gasteiger charge is 2.22. The van der Waals surface area contributed by atoms with Crippen LogP contribution in [0, 0.1) is 11.3 Å². The van der Waals surface area contributed by atoms with Crippen molar-refractivity contribution in [3.63, 3.8) is 0 Å². The molecule has 1 aromatic rings. The summed E-state index contributed by atoms with van der Waals surface area (Å²) in [6, 6.07) is 1.85. The van der Waals surface area contributed by atoms with Gasteiger partial charge in [0.1, 0.15) is 16.9 Å². The van der Waals surface area contributed by atoms with Crippen LogP contribution in [0.3, 0.4) is 0 Å². The van der Waals surface area contributed by atoms with Crippen LogP contribution in [0.2, 0.25) is 5.02 Å². The van der Waals surface area contributed by atoms with Crippen molar-refractivity contribution in [2.75, 3.05) is 18.0 Å².